The van der Waals surface area contributed by atoms with Gasteiger partial charge in [-0.25, -0.2) is 4.98 Å². The summed E-state index contributed by atoms with van der Waals surface area (Å²) in [5, 5.41) is 20.6. The molecule has 2 aromatic rings. The molecule has 0 amide bonds. The third-order valence-electron chi connectivity index (χ3n) is 6.11. The summed E-state index contributed by atoms with van der Waals surface area (Å²) in [7, 11) is 0. The SMILES string of the molecule is CCCCCCCCCCn1cnc2c1CNC(C(=O)O)C2.N[C@@H](Cc1ccccc1)C(=O)O.[Cu]. The number of carboxylic acids is 2. The number of fused-ring (bicyclic) bond motifs is 1. The first kappa shape index (κ1) is 30.8. The van der Waals surface area contributed by atoms with Gasteiger partial charge >= 0.3 is 11.9 Å². The van der Waals surface area contributed by atoms with E-state index >= 15 is 0 Å². The Hall–Kier alpha value is -2.19. The molecule has 3 rings (SSSR count). The molecule has 1 unspecified atom stereocenters. The van der Waals surface area contributed by atoms with E-state index in [2.05, 4.69) is 21.8 Å². The molecule has 0 fully saturated rings. The first-order valence-corrected chi connectivity index (χ1v) is 12.4. The van der Waals surface area contributed by atoms with Crippen LogP contribution in [0.3, 0.4) is 0 Å². The van der Waals surface area contributed by atoms with Crippen molar-refractivity contribution in [2.75, 3.05) is 0 Å². The van der Waals surface area contributed by atoms with Gasteiger partial charge in [0.25, 0.3) is 0 Å². The van der Waals surface area contributed by atoms with Crippen molar-refractivity contribution in [3.8, 4) is 0 Å². The monoisotopic (exact) mass is 535 g/mol. The maximum absolute atomic E-state index is 11.0. The molecule has 0 saturated heterocycles. The maximum Gasteiger partial charge on any atom is 0.321 e. The van der Waals surface area contributed by atoms with Crippen LogP contribution in [-0.4, -0.2) is 43.8 Å². The van der Waals surface area contributed by atoms with E-state index in [0.717, 1.165) is 17.8 Å². The molecule has 2 heterocycles. The minimum atomic E-state index is -0.959. The number of aryl methyl sites for hydroxylation is 1. The minimum absolute atomic E-state index is 0. The van der Waals surface area contributed by atoms with Gasteiger partial charge in [0.05, 0.1) is 17.7 Å². The van der Waals surface area contributed by atoms with Gasteiger partial charge in [-0.3, -0.25) is 14.9 Å². The number of hydrogen-bond acceptors (Lipinski definition) is 5. The summed E-state index contributed by atoms with van der Waals surface area (Å²) >= 11 is 0. The van der Waals surface area contributed by atoms with Crippen LogP contribution in [0, 0.1) is 0 Å². The van der Waals surface area contributed by atoms with Gasteiger partial charge in [0.1, 0.15) is 12.1 Å². The van der Waals surface area contributed by atoms with E-state index in [1.807, 2.05) is 36.7 Å². The molecule has 1 aromatic heterocycles. The maximum atomic E-state index is 11.0. The van der Waals surface area contributed by atoms with Crippen molar-refractivity contribution in [3.05, 3.63) is 53.6 Å². The summed E-state index contributed by atoms with van der Waals surface area (Å²) in [6, 6.07) is 8.06. The van der Waals surface area contributed by atoms with Crippen molar-refractivity contribution in [2.24, 2.45) is 5.73 Å². The predicted octanol–water partition coefficient (Wildman–Crippen LogP) is 3.76. The number of unbranched alkanes of at least 4 members (excludes halogenated alkanes) is 7. The van der Waals surface area contributed by atoms with Crippen LogP contribution < -0.4 is 11.1 Å². The van der Waals surface area contributed by atoms with Gasteiger partial charge in [-0.15, -0.1) is 0 Å². The Balaban J connectivity index is 0.000000401. The number of nitrogens with one attached hydrogen (secondary N) is 1. The van der Waals surface area contributed by atoms with Gasteiger partial charge in [-0.05, 0) is 18.4 Å². The second kappa shape index (κ2) is 17.3. The van der Waals surface area contributed by atoms with Crippen LogP contribution in [0.5, 0.6) is 0 Å². The summed E-state index contributed by atoms with van der Waals surface area (Å²) in [4.78, 5) is 25.8. The van der Waals surface area contributed by atoms with Crippen molar-refractivity contribution in [2.45, 2.75) is 96.3 Å². The smallest absolute Gasteiger partial charge is 0.321 e. The molecule has 1 aliphatic rings. The Labute approximate surface area is 219 Å². The van der Waals surface area contributed by atoms with Gasteiger partial charge < -0.3 is 20.5 Å². The molecule has 8 nitrogen and oxygen atoms in total. The third kappa shape index (κ3) is 11.4. The summed E-state index contributed by atoms with van der Waals surface area (Å²) in [5.74, 6) is -1.75. The second-order valence-electron chi connectivity index (χ2n) is 8.92. The minimum Gasteiger partial charge on any atom is -0.480 e. The molecule has 1 radical (unpaired) electrons. The number of nitrogens with two attached hydrogens (primary N) is 1. The number of aromatic nitrogens is 2. The van der Waals surface area contributed by atoms with Crippen LogP contribution in [0.15, 0.2) is 36.7 Å². The summed E-state index contributed by atoms with van der Waals surface area (Å²) in [6.45, 7) is 3.86. The first-order chi connectivity index (χ1) is 16.4. The van der Waals surface area contributed by atoms with Crippen molar-refractivity contribution >= 4 is 11.9 Å². The fraction of sp³-hybridized carbons (Fsp3) is 0.577. The molecule has 1 aliphatic heterocycles. The number of rotatable bonds is 13. The van der Waals surface area contributed by atoms with E-state index in [4.69, 9.17) is 15.9 Å². The quantitative estimate of drug-likeness (QED) is 0.227. The van der Waals surface area contributed by atoms with Gasteiger partial charge in [0.15, 0.2) is 0 Å². The first-order valence-electron chi connectivity index (χ1n) is 12.4. The van der Waals surface area contributed by atoms with Crippen LogP contribution in [0.2, 0.25) is 0 Å². The number of benzene rings is 1. The zero-order valence-corrected chi connectivity index (χ0v) is 21.5. The largest absolute Gasteiger partial charge is 0.480 e. The Kier molecular flexibility index (Phi) is 15.2. The van der Waals surface area contributed by atoms with E-state index in [1.54, 1.807) is 0 Å². The number of aliphatic carboxylic acids is 2. The number of hydrogen-bond donors (Lipinski definition) is 4. The van der Waals surface area contributed by atoms with Crippen LogP contribution in [0.4, 0.5) is 0 Å². The average molecular weight is 536 g/mol. The Morgan fingerprint density at radius 2 is 1.71 bits per heavy atom. The molecule has 9 heteroatoms. The fourth-order valence-corrected chi connectivity index (χ4v) is 4.05. The van der Waals surface area contributed by atoms with E-state index in [1.165, 1.54) is 57.1 Å². The molecule has 0 bridgehead atoms. The van der Waals surface area contributed by atoms with E-state index in [0.29, 0.717) is 19.4 Å². The Morgan fingerprint density at radius 1 is 1.09 bits per heavy atom. The van der Waals surface area contributed by atoms with Crippen LogP contribution in [0.25, 0.3) is 0 Å². The molecule has 2 atom stereocenters. The molecule has 35 heavy (non-hydrogen) atoms. The van der Waals surface area contributed by atoms with Crippen LogP contribution in [-0.2, 0) is 52.6 Å². The zero-order chi connectivity index (χ0) is 24.8. The van der Waals surface area contributed by atoms with Gasteiger partial charge in [0.2, 0.25) is 0 Å². The van der Waals surface area contributed by atoms with Crippen molar-refractivity contribution in [3.63, 3.8) is 0 Å². The zero-order valence-electron chi connectivity index (χ0n) is 20.6. The standard InChI is InChI=1S/C17H29N3O2.C9H11NO2.Cu/c1-2-3-4-5-6-7-8-9-10-20-13-19-14-11-15(17(21)22)18-12-16(14)20;10-8(9(11)12)6-7-4-2-1-3-5-7;/h13,15,18H,2-12H2,1H3,(H,21,22);1-5,8H,6,10H2,(H,11,12);/t;8-;/m.0./s1. The van der Waals surface area contributed by atoms with Crippen molar-refractivity contribution < 1.29 is 36.9 Å². The van der Waals surface area contributed by atoms with Gasteiger partial charge in [-0.1, -0.05) is 82.2 Å². The van der Waals surface area contributed by atoms with Gasteiger partial charge in [-0.2, -0.15) is 0 Å². The topological polar surface area (TPSA) is 130 Å². The average Bonchev–Trinajstić information content (AvgIpc) is 3.24. The number of nitrogens with zero attached hydrogens (tertiary/aromatic N) is 2. The van der Waals surface area contributed by atoms with E-state index in [9.17, 15) is 9.59 Å². The molecule has 0 saturated carbocycles. The number of imidazole rings is 1. The summed E-state index contributed by atoms with van der Waals surface area (Å²) in [6.07, 6.45) is 13.3. The van der Waals surface area contributed by atoms with Crippen molar-refractivity contribution in [1.82, 2.24) is 14.9 Å². The molecule has 199 valence electrons. The molecule has 0 spiro atoms. The number of carbonyl (C=O) groups is 2. The molecule has 1 aromatic carbocycles. The second-order valence-corrected chi connectivity index (χ2v) is 8.92. The fourth-order valence-electron chi connectivity index (χ4n) is 4.05. The van der Waals surface area contributed by atoms with Crippen molar-refractivity contribution in [1.29, 1.82) is 0 Å². The molecular weight excluding hydrogens is 496 g/mol. The van der Waals surface area contributed by atoms with E-state index < -0.39 is 24.0 Å². The molecular formula is C26H40CuN4O4. The Bertz CT molecular complexity index is 875. The summed E-state index contributed by atoms with van der Waals surface area (Å²) in [5.41, 5.74) is 8.42. The molecule has 0 aliphatic carbocycles. The summed E-state index contributed by atoms with van der Waals surface area (Å²) < 4.78 is 2.19. The predicted molar refractivity (Wildman–Crippen MR) is 133 cm³/mol. The van der Waals surface area contributed by atoms with Crippen LogP contribution in [0.1, 0.15) is 75.2 Å². The normalized spacial score (nSPS) is 15.2. The van der Waals surface area contributed by atoms with E-state index in [-0.39, 0.29) is 17.1 Å². The van der Waals surface area contributed by atoms with Crippen LogP contribution >= 0.6 is 0 Å². The third-order valence-corrected chi connectivity index (χ3v) is 6.11. The molecule has 5 N–H and O–H groups in total. The van der Waals surface area contributed by atoms with Gasteiger partial charge in [0, 0.05) is 36.6 Å². The number of carboxylic acid groups (broad SMARTS) is 2. The Morgan fingerprint density at radius 3 is 2.31 bits per heavy atom.